The molecule has 1 N–H and O–H groups in total. The predicted molar refractivity (Wildman–Crippen MR) is 83.8 cm³/mol. The maximum atomic E-state index is 12.3. The first kappa shape index (κ1) is 18.0. The topological polar surface area (TPSA) is 70.1 Å². The van der Waals surface area contributed by atoms with Gasteiger partial charge >= 0.3 is 5.97 Å². The number of aliphatic carboxylic acids is 1. The molecule has 0 aliphatic heterocycles. The molecular weight excluding hydrogens is 284 g/mol. The van der Waals surface area contributed by atoms with Crippen molar-refractivity contribution in [2.75, 3.05) is 33.8 Å². The third-order valence-electron chi connectivity index (χ3n) is 3.28. The van der Waals surface area contributed by atoms with Crippen LogP contribution in [0.15, 0.2) is 24.3 Å². The Hall–Kier alpha value is -2.08. The maximum absolute atomic E-state index is 12.3. The number of rotatable bonds is 9. The summed E-state index contributed by atoms with van der Waals surface area (Å²) >= 11 is 0. The average molecular weight is 308 g/mol. The Balaban J connectivity index is 2.65. The average Bonchev–Trinajstić information content (AvgIpc) is 2.47. The first-order valence-electron chi connectivity index (χ1n) is 7.28. The molecule has 0 spiro atoms. The van der Waals surface area contributed by atoms with Crippen molar-refractivity contribution in [1.82, 2.24) is 9.80 Å². The summed E-state index contributed by atoms with van der Waals surface area (Å²) in [6, 6.07) is 7.52. The second-order valence-electron chi connectivity index (χ2n) is 5.17. The SMILES string of the molecule is CCCN(CC(=O)O)CC(=O)N(C)Cc1ccccc1OC. The van der Waals surface area contributed by atoms with Gasteiger partial charge in [-0.3, -0.25) is 14.5 Å². The lowest BCUT2D eigenvalue weighted by atomic mass is 10.2. The summed E-state index contributed by atoms with van der Waals surface area (Å²) in [6.45, 7) is 2.95. The molecule has 0 aliphatic carbocycles. The Morgan fingerprint density at radius 3 is 2.50 bits per heavy atom. The zero-order valence-electron chi connectivity index (χ0n) is 13.4. The Morgan fingerprint density at radius 2 is 1.91 bits per heavy atom. The number of carbonyl (C=O) groups excluding carboxylic acids is 1. The number of nitrogens with zero attached hydrogens (tertiary/aromatic N) is 2. The molecule has 6 heteroatoms. The molecule has 0 atom stereocenters. The lowest BCUT2D eigenvalue weighted by molar-refractivity contribution is -0.139. The van der Waals surface area contributed by atoms with E-state index in [-0.39, 0.29) is 19.0 Å². The minimum Gasteiger partial charge on any atom is -0.496 e. The molecule has 1 rings (SSSR count). The van der Waals surface area contributed by atoms with Crippen LogP contribution in [0, 0.1) is 0 Å². The molecule has 0 aromatic heterocycles. The van der Waals surface area contributed by atoms with E-state index in [2.05, 4.69) is 0 Å². The largest absolute Gasteiger partial charge is 0.496 e. The summed E-state index contributed by atoms with van der Waals surface area (Å²) in [4.78, 5) is 26.3. The summed E-state index contributed by atoms with van der Waals surface area (Å²) in [5, 5.41) is 8.88. The minimum atomic E-state index is -0.923. The van der Waals surface area contributed by atoms with E-state index < -0.39 is 5.97 Å². The van der Waals surface area contributed by atoms with Crippen LogP contribution in [0.25, 0.3) is 0 Å². The smallest absolute Gasteiger partial charge is 0.317 e. The van der Waals surface area contributed by atoms with Gasteiger partial charge in [0.25, 0.3) is 0 Å². The van der Waals surface area contributed by atoms with Crippen LogP contribution in [0.2, 0.25) is 0 Å². The van der Waals surface area contributed by atoms with E-state index in [1.165, 1.54) is 0 Å². The molecule has 0 aliphatic rings. The summed E-state index contributed by atoms with van der Waals surface area (Å²) in [6.07, 6.45) is 0.802. The van der Waals surface area contributed by atoms with E-state index in [0.717, 1.165) is 17.7 Å². The quantitative estimate of drug-likeness (QED) is 0.748. The van der Waals surface area contributed by atoms with E-state index in [1.54, 1.807) is 24.0 Å². The zero-order chi connectivity index (χ0) is 16.5. The number of likely N-dealkylation sites (N-methyl/N-ethyl adjacent to an activating group) is 1. The molecule has 1 aromatic carbocycles. The van der Waals surface area contributed by atoms with Crippen LogP contribution < -0.4 is 4.74 Å². The number of para-hydroxylation sites is 1. The van der Waals surface area contributed by atoms with Crippen LogP contribution >= 0.6 is 0 Å². The van der Waals surface area contributed by atoms with Crippen LogP contribution in [0.1, 0.15) is 18.9 Å². The summed E-state index contributed by atoms with van der Waals surface area (Å²) in [5.41, 5.74) is 0.918. The van der Waals surface area contributed by atoms with Crippen LogP contribution in [-0.4, -0.2) is 60.6 Å². The first-order chi connectivity index (χ1) is 10.5. The molecule has 0 unspecified atom stereocenters. The fourth-order valence-corrected chi connectivity index (χ4v) is 2.21. The van der Waals surface area contributed by atoms with E-state index in [0.29, 0.717) is 13.1 Å². The second kappa shape index (κ2) is 9.04. The molecule has 0 saturated carbocycles. The molecule has 0 heterocycles. The van der Waals surface area contributed by atoms with Gasteiger partial charge in [-0.1, -0.05) is 25.1 Å². The van der Waals surface area contributed by atoms with Crippen LogP contribution in [0.3, 0.4) is 0 Å². The summed E-state index contributed by atoms with van der Waals surface area (Å²) in [5.74, 6) is -0.299. The molecule has 122 valence electrons. The van der Waals surface area contributed by atoms with Crippen molar-refractivity contribution in [3.05, 3.63) is 29.8 Å². The number of hydrogen-bond donors (Lipinski definition) is 1. The van der Waals surface area contributed by atoms with Gasteiger partial charge in [0, 0.05) is 19.2 Å². The normalized spacial score (nSPS) is 10.5. The van der Waals surface area contributed by atoms with Crippen molar-refractivity contribution in [3.63, 3.8) is 0 Å². The van der Waals surface area contributed by atoms with Gasteiger partial charge in [-0.25, -0.2) is 0 Å². The molecular formula is C16H24N2O4. The third kappa shape index (κ3) is 5.73. The van der Waals surface area contributed by atoms with Crippen molar-refractivity contribution in [3.8, 4) is 5.75 Å². The number of ether oxygens (including phenoxy) is 1. The van der Waals surface area contributed by atoms with E-state index in [4.69, 9.17) is 9.84 Å². The van der Waals surface area contributed by atoms with Gasteiger partial charge < -0.3 is 14.7 Å². The molecule has 0 radical (unpaired) electrons. The fourth-order valence-electron chi connectivity index (χ4n) is 2.21. The van der Waals surface area contributed by atoms with E-state index in [1.807, 2.05) is 31.2 Å². The van der Waals surface area contributed by atoms with Crippen molar-refractivity contribution in [1.29, 1.82) is 0 Å². The van der Waals surface area contributed by atoms with Crippen LogP contribution in [0.5, 0.6) is 5.75 Å². The molecule has 6 nitrogen and oxygen atoms in total. The third-order valence-corrected chi connectivity index (χ3v) is 3.28. The number of hydrogen-bond acceptors (Lipinski definition) is 4. The van der Waals surface area contributed by atoms with Crippen LogP contribution in [-0.2, 0) is 16.1 Å². The molecule has 1 aromatic rings. The minimum absolute atomic E-state index is 0.103. The Morgan fingerprint density at radius 1 is 1.23 bits per heavy atom. The van der Waals surface area contributed by atoms with Crippen LogP contribution in [0.4, 0.5) is 0 Å². The Bertz CT molecular complexity index is 505. The Labute approximate surface area is 131 Å². The maximum Gasteiger partial charge on any atom is 0.317 e. The Kier molecular flexibility index (Phi) is 7.39. The lowest BCUT2D eigenvalue weighted by Gasteiger charge is -2.24. The zero-order valence-corrected chi connectivity index (χ0v) is 13.4. The summed E-state index contributed by atoms with van der Waals surface area (Å²) < 4.78 is 5.27. The highest BCUT2D eigenvalue weighted by atomic mass is 16.5. The fraction of sp³-hybridized carbons (Fsp3) is 0.500. The highest BCUT2D eigenvalue weighted by molar-refractivity contribution is 5.79. The van der Waals surface area contributed by atoms with Crippen molar-refractivity contribution in [2.24, 2.45) is 0 Å². The number of amides is 1. The number of carboxylic acid groups (broad SMARTS) is 1. The molecule has 22 heavy (non-hydrogen) atoms. The van der Waals surface area contributed by atoms with Gasteiger partial charge in [0.1, 0.15) is 5.75 Å². The number of methoxy groups -OCH3 is 1. The first-order valence-corrected chi connectivity index (χ1v) is 7.28. The number of benzene rings is 1. The molecule has 0 bridgehead atoms. The monoisotopic (exact) mass is 308 g/mol. The number of carbonyl (C=O) groups is 2. The standard InChI is InChI=1S/C16H24N2O4/c1-4-9-18(12-16(20)21)11-15(19)17(2)10-13-7-5-6-8-14(13)22-3/h5-8H,4,9-12H2,1-3H3,(H,20,21). The lowest BCUT2D eigenvalue weighted by Crippen LogP contribution is -2.40. The molecule has 1 amide bonds. The van der Waals surface area contributed by atoms with Gasteiger partial charge in [-0.15, -0.1) is 0 Å². The molecule has 0 fully saturated rings. The van der Waals surface area contributed by atoms with E-state index >= 15 is 0 Å². The van der Waals surface area contributed by atoms with Gasteiger partial charge in [-0.2, -0.15) is 0 Å². The highest BCUT2D eigenvalue weighted by Crippen LogP contribution is 2.18. The van der Waals surface area contributed by atoms with Gasteiger partial charge in [0.2, 0.25) is 5.91 Å². The van der Waals surface area contributed by atoms with Crippen molar-refractivity contribution in [2.45, 2.75) is 19.9 Å². The highest BCUT2D eigenvalue weighted by Gasteiger charge is 2.17. The van der Waals surface area contributed by atoms with Crippen molar-refractivity contribution >= 4 is 11.9 Å². The predicted octanol–water partition coefficient (Wildman–Crippen LogP) is 1.45. The van der Waals surface area contributed by atoms with Gasteiger partial charge in [0.15, 0.2) is 0 Å². The molecule has 0 saturated heterocycles. The second-order valence-corrected chi connectivity index (χ2v) is 5.17. The van der Waals surface area contributed by atoms with Gasteiger partial charge in [-0.05, 0) is 19.0 Å². The van der Waals surface area contributed by atoms with E-state index in [9.17, 15) is 9.59 Å². The van der Waals surface area contributed by atoms with Crippen molar-refractivity contribution < 1.29 is 19.4 Å². The van der Waals surface area contributed by atoms with Gasteiger partial charge in [0.05, 0.1) is 20.2 Å². The summed E-state index contributed by atoms with van der Waals surface area (Å²) in [7, 11) is 3.30. The number of carboxylic acids is 1.